The Balaban J connectivity index is 1.14. The molecule has 0 aliphatic carbocycles. The van der Waals surface area contributed by atoms with E-state index in [4.69, 9.17) is 14.4 Å². The SMILES string of the molecule is N#Cc1ccc2oc3c(-c4cccc(-c5cccc(-c6nc(-c7ccccc7)c7c8ccccc8n(-c8ccccc8)c7n6)c5)c4)cccc3c2c1. The van der Waals surface area contributed by atoms with E-state index >= 15 is 0 Å². The van der Waals surface area contributed by atoms with Gasteiger partial charge in [0.15, 0.2) is 5.82 Å². The lowest BCUT2D eigenvalue weighted by Gasteiger charge is -2.11. The van der Waals surface area contributed by atoms with Crippen molar-refractivity contribution in [2.45, 2.75) is 0 Å². The maximum atomic E-state index is 9.48. The average Bonchev–Trinajstić information content (AvgIpc) is 3.76. The predicted octanol–water partition coefficient (Wildman–Crippen LogP) is 12.0. The minimum absolute atomic E-state index is 0.614. The zero-order valence-corrected chi connectivity index (χ0v) is 27.9. The molecular formula is C47H28N4O. The number of aromatic nitrogens is 3. The fraction of sp³-hybridized carbons (Fsp3) is 0. The van der Waals surface area contributed by atoms with Crippen molar-refractivity contribution in [1.29, 1.82) is 5.26 Å². The van der Waals surface area contributed by atoms with Gasteiger partial charge in [-0.15, -0.1) is 0 Å². The molecule has 0 unspecified atom stereocenters. The summed E-state index contributed by atoms with van der Waals surface area (Å²) in [7, 11) is 0. The smallest absolute Gasteiger partial charge is 0.162 e. The molecule has 242 valence electrons. The maximum absolute atomic E-state index is 9.48. The van der Waals surface area contributed by atoms with Crippen LogP contribution in [0.1, 0.15) is 5.56 Å². The van der Waals surface area contributed by atoms with E-state index in [1.165, 1.54) is 0 Å². The molecule has 3 aromatic heterocycles. The summed E-state index contributed by atoms with van der Waals surface area (Å²) >= 11 is 0. The van der Waals surface area contributed by atoms with Crippen LogP contribution < -0.4 is 0 Å². The van der Waals surface area contributed by atoms with Gasteiger partial charge in [-0.2, -0.15) is 5.26 Å². The van der Waals surface area contributed by atoms with Gasteiger partial charge in [-0.05, 0) is 65.2 Å². The van der Waals surface area contributed by atoms with Crippen LogP contribution in [0, 0.1) is 11.3 Å². The van der Waals surface area contributed by atoms with Crippen LogP contribution in [0.2, 0.25) is 0 Å². The molecule has 0 atom stereocenters. The third kappa shape index (κ3) is 4.78. The third-order valence-corrected chi connectivity index (χ3v) is 9.83. The van der Waals surface area contributed by atoms with Gasteiger partial charge < -0.3 is 4.42 Å². The predicted molar refractivity (Wildman–Crippen MR) is 210 cm³/mol. The molecule has 0 amide bonds. The topological polar surface area (TPSA) is 67.6 Å². The quantitative estimate of drug-likeness (QED) is 0.184. The standard InChI is InChI=1S/C47H28N4O/c48-29-30-24-25-42-40(26-30)38-22-11-21-37(45(38)52-42)34-16-9-14-32(27-34)33-15-10-17-35(28-33)46-49-44(31-12-3-1-4-13-31)43-39-20-7-8-23-41(39)51(47(43)50-46)36-18-5-2-6-19-36/h1-28H. The van der Waals surface area contributed by atoms with E-state index in [9.17, 15) is 5.26 Å². The molecule has 0 fully saturated rings. The Morgan fingerprint density at radius 3 is 1.98 bits per heavy atom. The molecule has 52 heavy (non-hydrogen) atoms. The Morgan fingerprint density at radius 2 is 1.17 bits per heavy atom. The largest absolute Gasteiger partial charge is 0.455 e. The fourth-order valence-electron chi connectivity index (χ4n) is 7.42. The molecule has 0 saturated carbocycles. The summed E-state index contributed by atoms with van der Waals surface area (Å²) in [4.78, 5) is 10.6. The zero-order chi connectivity index (χ0) is 34.6. The van der Waals surface area contributed by atoms with Gasteiger partial charge in [0, 0.05) is 38.5 Å². The van der Waals surface area contributed by atoms with E-state index in [1.54, 1.807) is 6.07 Å². The van der Waals surface area contributed by atoms with Crippen molar-refractivity contribution < 1.29 is 4.42 Å². The van der Waals surface area contributed by atoms with Crippen LogP contribution in [-0.2, 0) is 0 Å². The Labute approximate surface area is 299 Å². The molecule has 0 spiro atoms. The highest BCUT2D eigenvalue weighted by Crippen LogP contribution is 2.40. The van der Waals surface area contributed by atoms with Crippen molar-refractivity contribution in [3.63, 3.8) is 0 Å². The number of fused-ring (bicyclic) bond motifs is 6. The van der Waals surface area contributed by atoms with Crippen LogP contribution in [0.4, 0.5) is 0 Å². The molecule has 5 nitrogen and oxygen atoms in total. The van der Waals surface area contributed by atoms with Crippen LogP contribution in [-0.4, -0.2) is 14.5 Å². The van der Waals surface area contributed by atoms with Crippen LogP contribution in [0.5, 0.6) is 0 Å². The van der Waals surface area contributed by atoms with Gasteiger partial charge in [0.2, 0.25) is 0 Å². The van der Waals surface area contributed by atoms with Gasteiger partial charge in [0.25, 0.3) is 0 Å². The molecule has 10 aromatic rings. The van der Waals surface area contributed by atoms with Crippen LogP contribution >= 0.6 is 0 Å². The van der Waals surface area contributed by atoms with Crippen LogP contribution in [0.15, 0.2) is 174 Å². The molecule has 5 heteroatoms. The monoisotopic (exact) mass is 664 g/mol. The van der Waals surface area contributed by atoms with Gasteiger partial charge in [-0.25, -0.2) is 9.97 Å². The van der Waals surface area contributed by atoms with Gasteiger partial charge in [-0.3, -0.25) is 4.57 Å². The fourth-order valence-corrected chi connectivity index (χ4v) is 7.42. The highest BCUT2D eigenvalue weighted by atomic mass is 16.3. The normalized spacial score (nSPS) is 11.4. The zero-order valence-electron chi connectivity index (χ0n) is 27.9. The molecular weight excluding hydrogens is 637 g/mol. The average molecular weight is 665 g/mol. The number of benzene rings is 7. The molecule has 0 aliphatic rings. The highest BCUT2D eigenvalue weighted by molar-refractivity contribution is 6.14. The van der Waals surface area contributed by atoms with Crippen LogP contribution in [0.3, 0.4) is 0 Å². The van der Waals surface area contributed by atoms with Gasteiger partial charge in [-0.1, -0.05) is 121 Å². The number of para-hydroxylation sites is 3. The number of nitrogens with zero attached hydrogens (tertiary/aromatic N) is 4. The van der Waals surface area contributed by atoms with Crippen molar-refractivity contribution in [2.75, 3.05) is 0 Å². The van der Waals surface area contributed by atoms with Gasteiger partial charge >= 0.3 is 0 Å². The number of nitriles is 1. The lowest BCUT2D eigenvalue weighted by atomic mass is 9.96. The third-order valence-electron chi connectivity index (χ3n) is 9.83. The van der Waals surface area contributed by atoms with E-state index in [1.807, 2.05) is 30.3 Å². The maximum Gasteiger partial charge on any atom is 0.162 e. The lowest BCUT2D eigenvalue weighted by Crippen LogP contribution is -1.99. The summed E-state index contributed by atoms with van der Waals surface area (Å²) in [5.74, 6) is 0.660. The van der Waals surface area contributed by atoms with Crippen molar-refractivity contribution in [3.8, 4) is 56.7 Å². The molecule has 10 rings (SSSR count). The van der Waals surface area contributed by atoms with E-state index < -0.39 is 0 Å². The molecule has 0 N–H and O–H groups in total. The van der Waals surface area contributed by atoms with E-state index in [0.717, 1.165) is 88.6 Å². The van der Waals surface area contributed by atoms with E-state index in [2.05, 4.69) is 144 Å². The molecule has 7 aromatic carbocycles. The van der Waals surface area contributed by atoms with Gasteiger partial charge in [0.1, 0.15) is 16.8 Å². The summed E-state index contributed by atoms with van der Waals surface area (Å²) in [5, 5.41) is 13.6. The summed E-state index contributed by atoms with van der Waals surface area (Å²) in [5.41, 5.74) is 12.2. The molecule has 0 bridgehead atoms. The summed E-state index contributed by atoms with van der Waals surface area (Å²) < 4.78 is 8.62. The minimum atomic E-state index is 0.614. The summed E-state index contributed by atoms with van der Waals surface area (Å²) in [6.07, 6.45) is 0. The highest BCUT2D eigenvalue weighted by Gasteiger charge is 2.21. The van der Waals surface area contributed by atoms with Crippen molar-refractivity contribution in [1.82, 2.24) is 14.5 Å². The van der Waals surface area contributed by atoms with Crippen molar-refractivity contribution in [2.24, 2.45) is 0 Å². The second-order valence-corrected chi connectivity index (χ2v) is 12.9. The van der Waals surface area contributed by atoms with E-state index in [-0.39, 0.29) is 0 Å². The molecule has 0 saturated heterocycles. The number of hydrogen-bond acceptors (Lipinski definition) is 4. The lowest BCUT2D eigenvalue weighted by molar-refractivity contribution is 0.670. The van der Waals surface area contributed by atoms with Crippen molar-refractivity contribution >= 4 is 43.9 Å². The summed E-state index contributed by atoms with van der Waals surface area (Å²) in [6, 6.07) is 60.3. The second-order valence-electron chi connectivity index (χ2n) is 12.9. The van der Waals surface area contributed by atoms with Gasteiger partial charge in [0.05, 0.1) is 28.2 Å². The Hall–Kier alpha value is -7.29. The molecule has 0 aliphatic heterocycles. The first-order valence-corrected chi connectivity index (χ1v) is 17.2. The van der Waals surface area contributed by atoms with E-state index in [0.29, 0.717) is 11.4 Å². The summed E-state index contributed by atoms with van der Waals surface area (Å²) in [6.45, 7) is 0. The minimum Gasteiger partial charge on any atom is -0.455 e. The number of hydrogen-bond donors (Lipinski definition) is 0. The first-order valence-electron chi connectivity index (χ1n) is 17.2. The molecule has 0 radical (unpaired) electrons. The first-order chi connectivity index (χ1) is 25.7. The molecule has 3 heterocycles. The Kier molecular flexibility index (Phi) is 6.80. The Bertz CT molecular complexity index is 3020. The van der Waals surface area contributed by atoms with Crippen LogP contribution in [0.25, 0.3) is 94.5 Å². The number of rotatable bonds is 5. The van der Waals surface area contributed by atoms with Crippen molar-refractivity contribution in [3.05, 3.63) is 175 Å². The Morgan fingerprint density at radius 1 is 0.519 bits per heavy atom. The first kappa shape index (κ1) is 29.6. The number of furan rings is 1. The second kappa shape index (κ2) is 11.9.